The number of aryl methyl sites for hydroxylation is 1. The van der Waals surface area contributed by atoms with Crippen LogP contribution in [0.25, 0.3) is 0 Å². The minimum Gasteiger partial charge on any atom is -0.351 e. The molecular weight excluding hydrogens is 260 g/mol. The zero-order valence-corrected chi connectivity index (χ0v) is 12.8. The normalized spacial score (nSPS) is 12.9. The van der Waals surface area contributed by atoms with Gasteiger partial charge >= 0.3 is 5.69 Å². The number of hydrazine groups is 1. The Labute approximate surface area is 118 Å². The Hall–Kier alpha value is -1.96. The van der Waals surface area contributed by atoms with Gasteiger partial charge in [0.05, 0.1) is 4.92 Å². The first-order valence-electron chi connectivity index (χ1n) is 6.32. The van der Waals surface area contributed by atoms with Crippen LogP contribution >= 0.6 is 0 Å². The molecule has 1 rings (SSSR count). The van der Waals surface area contributed by atoms with Crippen molar-refractivity contribution in [1.29, 1.82) is 0 Å². The van der Waals surface area contributed by atoms with E-state index in [1.54, 1.807) is 18.9 Å². The minimum absolute atomic E-state index is 0.0427. The van der Waals surface area contributed by atoms with Gasteiger partial charge in [-0.25, -0.2) is 10.8 Å². The zero-order chi connectivity index (χ0) is 15.7. The van der Waals surface area contributed by atoms with Gasteiger partial charge in [-0.2, -0.15) is 4.98 Å². The van der Waals surface area contributed by atoms with E-state index in [0.29, 0.717) is 0 Å². The van der Waals surface area contributed by atoms with Gasteiger partial charge in [-0.15, -0.1) is 0 Å². The molecule has 20 heavy (non-hydrogen) atoms. The molecule has 8 nitrogen and oxygen atoms in total. The van der Waals surface area contributed by atoms with Crippen LogP contribution in [0.5, 0.6) is 0 Å². The van der Waals surface area contributed by atoms with Gasteiger partial charge in [-0.3, -0.25) is 15.5 Å². The molecule has 8 heteroatoms. The van der Waals surface area contributed by atoms with Crippen LogP contribution < -0.4 is 16.2 Å². The molecule has 112 valence electrons. The average Bonchev–Trinajstić information content (AvgIpc) is 2.34. The molecule has 1 aromatic heterocycles. The molecule has 0 aromatic carbocycles. The SMILES string of the molecule is Cc1nc(NN)nc(N(C)C(C)C(C)(C)C)c1[N+](=O)[O-]. The lowest BCUT2D eigenvalue weighted by Gasteiger charge is -2.35. The van der Waals surface area contributed by atoms with E-state index in [-0.39, 0.29) is 34.6 Å². The number of nitrogens with two attached hydrogens (primary N) is 1. The van der Waals surface area contributed by atoms with Crippen LogP contribution in [0.3, 0.4) is 0 Å². The summed E-state index contributed by atoms with van der Waals surface area (Å²) in [7, 11) is 1.78. The molecule has 0 saturated heterocycles. The number of hydrogen-bond acceptors (Lipinski definition) is 7. The summed E-state index contributed by atoms with van der Waals surface area (Å²) in [6, 6.07) is 0.0427. The molecule has 0 bridgehead atoms. The summed E-state index contributed by atoms with van der Waals surface area (Å²) in [5.41, 5.74) is 2.46. The summed E-state index contributed by atoms with van der Waals surface area (Å²) in [5, 5.41) is 11.3. The summed E-state index contributed by atoms with van der Waals surface area (Å²) in [4.78, 5) is 20.7. The first-order chi connectivity index (χ1) is 9.09. The van der Waals surface area contributed by atoms with Crippen molar-refractivity contribution in [2.45, 2.75) is 40.7 Å². The fraction of sp³-hybridized carbons (Fsp3) is 0.667. The fourth-order valence-electron chi connectivity index (χ4n) is 1.84. The van der Waals surface area contributed by atoms with Crippen LogP contribution in [0.15, 0.2) is 0 Å². The Kier molecular flexibility index (Phi) is 4.49. The van der Waals surface area contributed by atoms with E-state index in [0.717, 1.165) is 0 Å². The Bertz CT molecular complexity index is 511. The molecule has 1 aromatic rings. The zero-order valence-electron chi connectivity index (χ0n) is 12.8. The Morgan fingerprint density at radius 1 is 1.40 bits per heavy atom. The maximum absolute atomic E-state index is 11.3. The molecule has 0 amide bonds. The van der Waals surface area contributed by atoms with Crippen LogP contribution in [0.4, 0.5) is 17.5 Å². The molecule has 0 spiro atoms. The van der Waals surface area contributed by atoms with Crippen LogP contribution in [0, 0.1) is 22.5 Å². The lowest BCUT2D eigenvalue weighted by molar-refractivity contribution is -0.385. The van der Waals surface area contributed by atoms with Gasteiger partial charge in [0.15, 0.2) is 0 Å². The quantitative estimate of drug-likeness (QED) is 0.492. The Morgan fingerprint density at radius 2 is 1.95 bits per heavy atom. The van der Waals surface area contributed by atoms with Crippen molar-refractivity contribution in [2.75, 3.05) is 17.4 Å². The van der Waals surface area contributed by atoms with Gasteiger partial charge in [0.25, 0.3) is 0 Å². The van der Waals surface area contributed by atoms with Crippen molar-refractivity contribution in [3.8, 4) is 0 Å². The number of rotatable bonds is 4. The largest absolute Gasteiger partial charge is 0.351 e. The minimum atomic E-state index is -0.461. The van der Waals surface area contributed by atoms with E-state index < -0.39 is 4.92 Å². The van der Waals surface area contributed by atoms with Crippen LogP contribution in [-0.4, -0.2) is 28.0 Å². The van der Waals surface area contributed by atoms with E-state index in [9.17, 15) is 10.1 Å². The highest BCUT2D eigenvalue weighted by atomic mass is 16.6. The topological polar surface area (TPSA) is 110 Å². The van der Waals surface area contributed by atoms with Gasteiger partial charge in [-0.1, -0.05) is 20.8 Å². The number of nitrogens with zero attached hydrogens (tertiary/aromatic N) is 4. The summed E-state index contributed by atoms with van der Waals surface area (Å²) in [5.74, 6) is 5.74. The lowest BCUT2D eigenvalue weighted by atomic mass is 9.87. The van der Waals surface area contributed by atoms with E-state index in [1.165, 1.54) is 0 Å². The van der Waals surface area contributed by atoms with E-state index in [1.807, 2.05) is 6.92 Å². The average molecular weight is 282 g/mol. The van der Waals surface area contributed by atoms with Crippen molar-refractivity contribution in [3.63, 3.8) is 0 Å². The Morgan fingerprint density at radius 3 is 2.35 bits per heavy atom. The first kappa shape index (κ1) is 16.1. The Balaban J connectivity index is 3.41. The summed E-state index contributed by atoms with van der Waals surface area (Å²) in [6.45, 7) is 9.76. The summed E-state index contributed by atoms with van der Waals surface area (Å²) >= 11 is 0. The van der Waals surface area contributed by atoms with Crippen molar-refractivity contribution in [2.24, 2.45) is 11.3 Å². The number of nitrogen functional groups attached to an aromatic ring is 1. The lowest BCUT2D eigenvalue weighted by Crippen LogP contribution is -2.40. The molecule has 1 heterocycles. The smallest absolute Gasteiger partial charge is 0.332 e. The van der Waals surface area contributed by atoms with Gasteiger partial charge < -0.3 is 4.90 Å². The molecule has 0 fully saturated rings. The van der Waals surface area contributed by atoms with Crippen LogP contribution in [0.2, 0.25) is 0 Å². The molecule has 0 radical (unpaired) electrons. The summed E-state index contributed by atoms with van der Waals surface area (Å²) < 4.78 is 0. The molecule has 0 saturated carbocycles. The highest BCUT2D eigenvalue weighted by Gasteiger charge is 2.31. The molecule has 1 atom stereocenters. The van der Waals surface area contributed by atoms with Crippen LogP contribution in [-0.2, 0) is 0 Å². The maximum Gasteiger partial charge on any atom is 0.332 e. The van der Waals surface area contributed by atoms with Crippen molar-refractivity contribution < 1.29 is 4.92 Å². The molecular formula is C12H22N6O2. The third kappa shape index (κ3) is 3.13. The van der Waals surface area contributed by atoms with Gasteiger partial charge in [0.2, 0.25) is 11.8 Å². The first-order valence-corrected chi connectivity index (χ1v) is 6.32. The number of anilines is 2. The van der Waals surface area contributed by atoms with Crippen molar-refractivity contribution in [3.05, 3.63) is 15.8 Å². The number of aromatic nitrogens is 2. The van der Waals surface area contributed by atoms with Crippen molar-refractivity contribution in [1.82, 2.24) is 9.97 Å². The van der Waals surface area contributed by atoms with Crippen molar-refractivity contribution >= 4 is 17.5 Å². The van der Waals surface area contributed by atoms with E-state index in [2.05, 4.69) is 36.2 Å². The number of hydrogen-bond donors (Lipinski definition) is 2. The van der Waals surface area contributed by atoms with E-state index >= 15 is 0 Å². The summed E-state index contributed by atoms with van der Waals surface area (Å²) in [6.07, 6.45) is 0. The standard InChI is InChI=1S/C12H22N6O2/c1-7-9(18(19)20)10(15-11(14-7)16-13)17(6)8(2)12(3,4)5/h8H,13H2,1-6H3,(H,14,15,16). The molecule has 0 aliphatic carbocycles. The van der Waals surface area contributed by atoms with Gasteiger partial charge in [-0.05, 0) is 19.3 Å². The highest BCUT2D eigenvalue weighted by Crippen LogP contribution is 2.33. The number of nitrogens with one attached hydrogen (secondary N) is 1. The predicted octanol–water partition coefficient (Wildman–Crippen LogP) is 1.85. The molecule has 0 aliphatic rings. The fourth-order valence-corrected chi connectivity index (χ4v) is 1.84. The molecule has 1 unspecified atom stereocenters. The second-order valence-electron chi connectivity index (χ2n) is 5.86. The third-order valence-corrected chi connectivity index (χ3v) is 3.52. The van der Waals surface area contributed by atoms with Gasteiger partial charge in [0.1, 0.15) is 5.69 Å². The molecule has 3 N–H and O–H groups in total. The second kappa shape index (κ2) is 5.58. The predicted molar refractivity (Wildman–Crippen MR) is 78.6 cm³/mol. The maximum atomic E-state index is 11.3. The molecule has 0 aliphatic heterocycles. The van der Waals surface area contributed by atoms with E-state index in [4.69, 9.17) is 5.84 Å². The monoisotopic (exact) mass is 282 g/mol. The second-order valence-corrected chi connectivity index (χ2v) is 5.86. The highest BCUT2D eigenvalue weighted by molar-refractivity contribution is 5.62. The van der Waals surface area contributed by atoms with Crippen LogP contribution in [0.1, 0.15) is 33.4 Å². The third-order valence-electron chi connectivity index (χ3n) is 3.52. The number of nitro groups is 1. The van der Waals surface area contributed by atoms with Gasteiger partial charge in [0, 0.05) is 13.1 Å².